The second-order valence-corrected chi connectivity index (χ2v) is 5.73. The first-order valence-electron chi connectivity index (χ1n) is 7.41. The summed E-state index contributed by atoms with van der Waals surface area (Å²) in [6.45, 7) is 4.06. The van der Waals surface area contributed by atoms with Crippen LogP contribution in [-0.2, 0) is 10.3 Å². The third kappa shape index (κ3) is 2.49. The third-order valence-corrected chi connectivity index (χ3v) is 4.32. The van der Waals surface area contributed by atoms with E-state index in [9.17, 15) is 14.7 Å². The molecule has 1 N–H and O–H groups in total. The van der Waals surface area contributed by atoms with E-state index >= 15 is 0 Å². The number of carbonyl (C=O) groups is 2. The maximum Gasteiger partial charge on any atom is 0.331 e. The normalized spacial score (nSPS) is 17.2. The van der Waals surface area contributed by atoms with Crippen molar-refractivity contribution in [1.82, 2.24) is 19.7 Å². The van der Waals surface area contributed by atoms with E-state index in [4.69, 9.17) is 4.42 Å². The van der Waals surface area contributed by atoms with Gasteiger partial charge in [0.05, 0.1) is 5.69 Å². The van der Waals surface area contributed by atoms with E-state index in [-0.39, 0.29) is 11.7 Å². The van der Waals surface area contributed by atoms with Crippen molar-refractivity contribution < 1.29 is 19.1 Å². The van der Waals surface area contributed by atoms with Gasteiger partial charge in [0.25, 0.3) is 5.91 Å². The highest BCUT2D eigenvalue weighted by Gasteiger charge is 2.45. The minimum Gasteiger partial charge on any atom is -0.479 e. The summed E-state index contributed by atoms with van der Waals surface area (Å²) in [4.78, 5) is 30.0. The van der Waals surface area contributed by atoms with Crippen molar-refractivity contribution in [3.8, 4) is 0 Å². The molecule has 2 aromatic rings. The van der Waals surface area contributed by atoms with E-state index in [0.29, 0.717) is 37.5 Å². The predicted octanol–water partition coefficient (Wildman–Crippen LogP) is 1.20. The van der Waals surface area contributed by atoms with Crippen LogP contribution < -0.4 is 0 Å². The van der Waals surface area contributed by atoms with E-state index < -0.39 is 11.5 Å². The number of oxazole rings is 1. The van der Waals surface area contributed by atoms with Gasteiger partial charge in [0, 0.05) is 45.2 Å². The molecule has 3 rings (SSSR count). The molecule has 1 fully saturated rings. The van der Waals surface area contributed by atoms with Crippen LogP contribution in [-0.4, -0.2) is 49.7 Å². The van der Waals surface area contributed by atoms with Crippen LogP contribution in [0.4, 0.5) is 0 Å². The summed E-state index contributed by atoms with van der Waals surface area (Å²) in [7, 11) is 0. The first-order valence-corrected chi connectivity index (χ1v) is 7.41. The van der Waals surface area contributed by atoms with Gasteiger partial charge in [0.2, 0.25) is 5.76 Å². The zero-order chi connectivity index (χ0) is 16.6. The second kappa shape index (κ2) is 5.53. The number of piperidine rings is 1. The van der Waals surface area contributed by atoms with Crippen molar-refractivity contribution in [2.75, 3.05) is 13.1 Å². The Morgan fingerprint density at radius 2 is 2.00 bits per heavy atom. The molecule has 0 aromatic carbocycles. The predicted molar refractivity (Wildman–Crippen MR) is 79.0 cm³/mol. The monoisotopic (exact) mass is 318 g/mol. The largest absolute Gasteiger partial charge is 0.479 e. The number of aliphatic carboxylic acids is 1. The molecule has 1 aliphatic heterocycles. The molecular formula is C15H18N4O4. The molecule has 0 radical (unpaired) electrons. The van der Waals surface area contributed by atoms with Crippen molar-refractivity contribution in [2.24, 2.45) is 0 Å². The molecule has 8 nitrogen and oxygen atoms in total. The van der Waals surface area contributed by atoms with Crippen LogP contribution >= 0.6 is 0 Å². The number of aromatic nitrogens is 3. The molecule has 1 amide bonds. The average molecular weight is 318 g/mol. The number of likely N-dealkylation sites (tertiary alicyclic amines) is 1. The number of carboxylic acid groups (broad SMARTS) is 1. The molecule has 8 heteroatoms. The molecule has 1 saturated heterocycles. The molecule has 2 aromatic heterocycles. The van der Waals surface area contributed by atoms with Crippen LogP contribution in [0.15, 0.2) is 22.9 Å². The minimum absolute atomic E-state index is 0.226. The number of hydrogen-bond acceptors (Lipinski definition) is 5. The van der Waals surface area contributed by atoms with Gasteiger partial charge in [-0.05, 0) is 13.0 Å². The van der Waals surface area contributed by atoms with Crippen LogP contribution in [0.25, 0.3) is 0 Å². The van der Waals surface area contributed by atoms with Crippen LogP contribution in [0, 0.1) is 13.8 Å². The van der Waals surface area contributed by atoms with Gasteiger partial charge in [0.1, 0.15) is 0 Å². The van der Waals surface area contributed by atoms with Crippen LogP contribution in [0.3, 0.4) is 0 Å². The Morgan fingerprint density at radius 3 is 2.48 bits per heavy atom. The highest BCUT2D eigenvalue weighted by Crippen LogP contribution is 2.31. The highest BCUT2D eigenvalue weighted by molar-refractivity contribution is 5.92. The second-order valence-electron chi connectivity index (χ2n) is 5.73. The quantitative estimate of drug-likeness (QED) is 0.912. The maximum absolute atomic E-state index is 12.5. The fourth-order valence-electron chi connectivity index (χ4n) is 3.02. The lowest BCUT2D eigenvalue weighted by molar-refractivity contribution is -0.150. The molecule has 0 unspecified atom stereocenters. The highest BCUT2D eigenvalue weighted by atomic mass is 16.4. The molecule has 122 valence electrons. The SMILES string of the molecule is Cc1nc(C)c(C(=O)N2CCC(C(=O)O)(n3cccn3)CC2)o1. The third-order valence-electron chi connectivity index (χ3n) is 4.32. The topological polar surface area (TPSA) is 101 Å². The number of amides is 1. The standard InChI is InChI=1S/C15H18N4O4/c1-10-12(23-11(2)17-10)13(20)18-8-4-15(5-9-18,14(21)22)19-7-3-6-16-19/h3,6-7H,4-5,8-9H2,1-2H3,(H,21,22). The van der Waals surface area contributed by atoms with Crippen LogP contribution in [0.5, 0.6) is 0 Å². The summed E-state index contributed by atoms with van der Waals surface area (Å²) < 4.78 is 6.84. The van der Waals surface area contributed by atoms with Gasteiger partial charge in [-0.3, -0.25) is 9.48 Å². The zero-order valence-corrected chi connectivity index (χ0v) is 13.0. The smallest absolute Gasteiger partial charge is 0.331 e. The van der Waals surface area contributed by atoms with E-state index in [0.717, 1.165) is 0 Å². The fourth-order valence-corrected chi connectivity index (χ4v) is 3.02. The van der Waals surface area contributed by atoms with Gasteiger partial charge in [0.15, 0.2) is 11.4 Å². The Kier molecular flexibility index (Phi) is 3.67. The van der Waals surface area contributed by atoms with Gasteiger partial charge >= 0.3 is 5.97 Å². The first kappa shape index (κ1) is 15.3. The van der Waals surface area contributed by atoms with Gasteiger partial charge in [-0.15, -0.1) is 0 Å². The lowest BCUT2D eigenvalue weighted by Gasteiger charge is -2.38. The Hall–Kier alpha value is -2.64. The average Bonchev–Trinajstić information content (AvgIpc) is 3.16. The van der Waals surface area contributed by atoms with E-state index in [2.05, 4.69) is 10.1 Å². The summed E-state index contributed by atoms with van der Waals surface area (Å²) in [6, 6.07) is 1.70. The number of rotatable bonds is 3. The van der Waals surface area contributed by atoms with Crippen molar-refractivity contribution in [1.29, 1.82) is 0 Å². The van der Waals surface area contributed by atoms with Crippen molar-refractivity contribution in [3.05, 3.63) is 35.8 Å². The van der Waals surface area contributed by atoms with E-state index in [1.807, 2.05) is 0 Å². The van der Waals surface area contributed by atoms with Gasteiger partial charge in [-0.2, -0.15) is 5.10 Å². The van der Waals surface area contributed by atoms with Crippen molar-refractivity contribution in [2.45, 2.75) is 32.2 Å². The molecular weight excluding hydrogens is 300 g/mol. The molecule has 1 aliphatic rings. The Labute approximate surface area is 132 Å². The van der Waals surface area contributed by atoms with E-state index in [1.165, 1.54) is 4.68 Å². The van der Waals surface area contributed by atoms with Gasteiger partial charge in [-0.1, -0.05) is 0 Å². The minimum atomic E-state index is -1.10. The van der Waals surface area contributed by atoms with Crippen LogP contribution in [0.2, 0.25) is 0 Å². The molecule has 23 heavy (non-hydrogen) atoms. The fraction of sp³-hybridized carbons (Fsp3) is 0.467. The number of nitrogens with zero attached hydrogens (tertiary/aromatic N) is 4. The Balaban J connectivity index is 1.78. The molecule has 0 saturated carbocycles. The van der Waals surface area contributed by atoms with Gasteiger partial charge in [-0.25, -0.2) is 9.78 Å². The summed E-state index contributed by atoms with van der Waals surface area (Å²) in [5.41, 5.74) is -0.554. The molecule has 0 bridgehead atoms. The van der Waals surface area contributed by atoms with Crippen molar-refractivity contribution in [3.63, 3.8) is 0 Å². The molecule has 0 atom stereocenters. The number of carboxylic acids is 1. The summed E-state index contributed by atoms with van der Waals surface area (Å²) in [5.74, 6) is -0.508. The number of carbonyl (C=O) groups excluding carboxylic acids is 1. The van der Waals surface area contributed by atoms with Gasteiger partial charge < -0.3 is 14.4 Å². The molecule has 3 heterocycles. The Bertz CT molecular complexity index is 727. The maximum atomic E-state index is 12.5. The number of aryl methyl sites for hydroxylation is 2. The van der Waals surface area contributed by atoms with E-state index in [1.54, 1.807) is 37.2 Å². The summed E-state index contributed by atoms with van der Waals surface area (Å²) in [5, 5.41) is 13.7. The lowest BCUT2D eigenvalue weighted by Crippen LogP contribution is -2.52. The zero-order valence-electron chi connectivity index (χ0n) is 13.0. The summed E-state index contributed by atoms with van der Waals surface area (Å²) >= 11 is 0. The molecule has 0 spiro atoms. The lowest BCUT2D eigenvalue weighted by atomic mass is 9.87. The summed E-state index contributed by atoms with van der Waals surface area (Å²) in [6.07, 6.45) is 3.79. The van der Waals surface area contributed by atoms with Crippen LogP contribution in [0.1, 0.15) is 35.0 Å². The van der Waals surface area contributed by atoms with Crippen molar-refractivity contribution >= 4 is 11.9 Å². The molecule has 0 aliphatic carbocycles. The first-order chi connectivity index (χ1) is 10.9. The number of hydrogen-bond donors (Lipinski definition) is 1. The Morgan fingerprint density at radius 1 is 1.30 bits per heavy atom.